The van der Waals surface area contributed by atoms with Crippen molar-refractivity contribution in [2.45, 2.75) is 51.4 Å². The van der Waals surface area contributed by atoms with Gasteiger partial charge in [0.25, 0.3) is 0 Å². The van der Waals surface area contributed by atoms with Crippen LogP contribution in [-0.2, 0) is 30.3 Å². The monoisotopic (exact) mass is 433 g/mol. The van der Waals surface area contributed by atoms with Gasteiger partial charge >= 0.3 is 12.2 Å². The van der Waals surface area contributed by atoms with Crippen molar-refractivity contribution in [3.05, 3.63) is 35.8 Å². The number of ketones is 1. The summed E-state index contributed by atoms with van der Waals surface area (Å²) < 4.78 is 23.9. The molecule has 0 bridgehead atoms. The van der Waals surface area contributed by atoms with Gasteiger partial charge < -0.3 is 19.8 Å². The number of halogens is 1. The van der Waals surface area contributed by atoms with Gasteiger partial charge in [0, 0.05) is 37.1 Å². The van der Waals surface area contributed by atoms with E-state index in [0.717, 1.165) is 17.2 Å². The fraction of sp³-hybridized carbons (Fsp3) is 0.429. The summed E-state index contributed by atoms with van der Waals surface area (Å²) in [6, 6.07) is 3.24. The maximum atomic E-state index is 13.4. The number of methoxy groups -OCH3 is 1. The fourth-order valence-electron chi connectivity index (χ4n) is 3.06. The SMILES string of the molecule is CO[C@@H](Cc1c[nH]c2cc(F)ccc12)C(=O)N[C@@H](CCC(=O)C=[N+]=N)C(=O)OC(C)C. The molecule has 10 heteroatoms. The Balaban J connectivity index is 2.13. The average molecular weight is 433 g/mol. The van der Waals surface area contributed by atoms with Gasteiger partial charge in [-0.05, 0) is 44.0 Å². The number of rotatable bonds is 11. The minimum absolute atomic E-state index is 0.00898. The lowest BCUT2D eigenvalue weighted by Gasteiger charge is -2.21. The third-order valence-electron chi connectivity index (χ3n) is 4.55. The zero-order valence-corrected chi connectivity index (χ0v) is 17.6. The number of esters is 1. The molecule has 0 saturated heterocycles. The third kappa shape index (κ3) is 6.84. The Morgan fingerprint density at radius 1 is 1.32 bits per heavy atom. The molecule has 0 aliphatic carbocycles. The highest BCUT2D eigenvalue weighted by atomic mass is 19.1. The van der Waals surface area contributed by atoms with Crippen LogP contribution < -0.4 is 5.32 Å². The van der Waals surface area contributed by atoms with Crippen molar-refractivity contribution in [1.29, 1.82) is 5.53 Å². The highest BCUT2D eigenvalue weighted by Crippen LogP contribution is 2.21. The van der Waals surface area contributed by atoms with Gasteiger partial charge in [-0.3, -0.25) is 9.59 Å². The first-order valence-electron chi connectivity index (χ1n) is 9.77. The van der Waals surface area contributed by atoms with Crippen LogP contribution in [0.1, 0.15) is 32.3 Å². The Hall–Kier alpha value is -3.36. The number of benzene rings is 1. The van der Waals surface area contributed by atoms with Crippen molar-refractivity contribution in [3.8, 4) is 0 Å². The van der Waals surface area contributed by atoms with Gasteiger partial charge in [0.05, 0.1) is 16.4 Å². The summed E-state index contributed by atoms with van der Waals surface area (Å²) in [5.41, 5.74) is 8.05. The van der Waals surface area contributed by atoms with E-state index in [1.165, 1.54) is 19.2 Å². The number of ether oxygens (including phenoxy) is 2. The van der Waals surface area contributed by atoms with Crippen molar-refractivity contribution in [2.24, 2.45) is 0 Å². The molecule has 3 N–H and O–H groups in total. The maximum Gasteiger partial charge on any atom is 0.372 e. The first kappa shape index (κ1) is 23.9. The van der Waals surface area contributed by atoms with E-state index in [-0.39, 0.29) is 25.1 Å². The summed E-state index contributed by atoms with van der Waals surface area (Å²) in [4.78, 5) is 42.7. The molecule has 1 aromatic heterocycles. The number of Topliss-reactive ketones (excluding diaryl/α,β-unsaturated/α-hetero) is 1. The largest absolute Gasteiger partial charge is 0.461 e. The Bertz CT molecular complexity index is 997. The normalized spacial score (nSPS) is 12.8. The zero-order valence-electron chi connectivity index (χ0n) is 17.6. The second-order valence-corrected chi connectivity index (χ2v) is 7.24. The molecule has 0 aliphatic heterocycles. The number of hydrogen-bond acceptors (Lipinski definition) is 6. The number of H-pyrrole nitrogens is 1. The van der Waals surface area contributed by atoms with Gasteiger partial charge in [-0.15, -0.1) is 0 Å². The summed E-state index contributed by atoms with van der Waals surface area (Å²) in [5, 5.41) is 3.34. The Morgan fingerprint density at radius 3 is 2.71 bits per heavy atom. The molecule has 0 aliphatic rings. The third-order valence-corrected chi connectivity index (χ3v) is 4.55. The molecular weight excluding hydrogens is 407 g/mol. The van der Waals surface area contributed by atoms with Crippen LogP contribution in [0.25, 0.3) is 10.9 Å². The van der Waals surface area contributed by atoms with E-state index in [4.69, 9.17) is 15.0 Å². The summed E-state index contributed by atoms with van der Waals surface area (Å²) in [6.07, 6.45) is 1.27. The fourth-order valence-corrected chi connectivity index (χ4v) is 3.06. The summed E-state index contributed by atoms with van der Waals surface area (Å²) in [6.45, 7) is 3.35. The number of hydrogen-bond donors (Lipinski definition) is 3. The minimum Gasteiger partial charge on any atom is -0.461 e. The molecule has 2 atom stereocenters. The molecule has 9 nitrogen and oxygen atoms in total. The van der Waals surface area contributed by atoms with Crippen molar-refractivity contribution in [3.63, 3.8) is 0 Å². The quantitative estimate of drug-likeness (QED) is 0.215. The lowest BCUT2D eigenvalue weighted by molar-refractivity contribution is -0.152. The number of carbonyl (C=O) groups excluding carboxylic acids is 3. The standard InChI is InChI=1S/C21H25FN4O5/c1-12(2)31-21(29)17(7-5-15(27)11-25-23)26-20(28)19(30-3)8-13-10-24-18-9-14(22)4-6-16(13)18/h4,6,9-12,17,19,23-24H,5,7-8H2,1-3H3/p+1/t17-,19-/m0/s1. The first-order valence-corrected chi connectivity index (χ1v) is 9.77. The van der Waals surface area contributed by atoms with Crippen LogP contribution in [0.3, 0.4) is 0 Å². The summed E-state index contributed by atoms with van der Waals surface area (Å²) in [5.74, 6) is -2.04. The number of carbonyl (C=O) groups is 3. The van der Waals surface area contributed by atoms with Gasteiger partial charge in [0.1, 0.15) is 18.0 Å². The predicted molar refractivity (Wildman–Crippen MR) is 109 cm³/mol. The van der Waals surface area contributed by atoms with Gasteiger partial charge in [-0.1, -0.05) is 0 Å². The molecule has 0 unspecified atom stereocenters. The van der Waals surface area contributed by atoms with Crippen molar-refractivity contribution in [1.82, 2.24) is 10.3 Å². The van der Waals surface area contributed by atoms with E-state index in [9.17, 15) is 18.8 Å². The van der Waals surface area contributed by atoms with Crippen molar-refractivity contribution in [2.75, 3.05) is 7.11 Å². The number of amides is 1. The molecule has 1 amide bonds. The summed E-state index contributed by atoms with van der Waals surface area (Å²) >= 11 is 0. The van der Waals surface area contributed by atoms with Crippen LogP contribution in [0.5, 0.6) is 0 Å². The van der Waals surface area contributed by atoms with E-state index < -0.39 is 35.9 Å². The number of nitrogens with zero attached hydrogens (tertiary/aromatic N) is 1. The van der Waals surface area contributed by atoms with E-state index in [1.807, 2.05) is 0 Å². The topological polar surface area (TPSA) is 135 Å². The minimum atomic E-state index is -1.06. The van der Waals surface area contributed by atoms with Crippen LogP contribution in [0, 0.1) is 11.3 Å². The summed E-state index contributed by atoms with van der Waals surface area (Å²) in [7, 11) is 1.37. The highest BCUT2D eigenvalue weighted by Gasteiger charge is 2.28. The van der Waals surface area contributed by atoms with E-state index in [2.05, 4.69) is 15.1 Å². The van der Waals surface area contributed by atoms with Crippen molar-refractivity contribution >= 4 is 34.8 Å². The van der Waals surface area contributed by atoms with E-state index in [1.54, 1.807) is 26.1 Å². The molecule has 2 rings (SSSR count). The van der Waals surface area contributed by atoms with Gasteiger partial charge in [0.2, 0.25) is 11.7 Å². The number of nitrogens with one attached hydrogen (secondary N) is 3. The highest BCUT2D eigenvalue weighted by molar-refractivity contribution is 6.25. The van der Waals surface area contributed by atoms with E-state index in [0.29, 0.717) is 5.52 Å². The first-order chi connectivity index (χ1) is 14.7. The molecule has 0 radical (unpaired) electrons. The lowest BCUT2D eigenvalue weighted by Crippen LogP contribution is -2.48. The lowest BCUT2D eigenvalue weighted by atomic mass is 10.0. The molecular formula is C21H26FN4O5+. The molecule has 1 heterocycles. The second kappa shape index (κ2) is 11.1. The number of fused-ring (bicyclic) bond motifs is 1. The van der Waals surface area contributed by atoms with Crippen LogP contribution >= 0.6 is 0 Å². The Morgan fingerprint density at radius 2 is 2.06 bits per heavy atom. The van der Waals surface area contributed by atoms with Gasteiger partial charge in [0.15, 0.2) is 0 Å². The zero-order chi connectivity index (χ0) is 23.0. The second-order valence-electron chi connectivity index (χ2n) is 7.24. The van der Waals surface area contributed by atoms with Gasteiger partial charge in [-0.25, -0.2) is 9.18 Å². The molecule has 0 fully saturated rings. The van der Waals surface area contributed by atoms with Gasteiger partial charge in [-0.2, -0.15) is 0 Å². The molecule has 166 valence electrons. The van der Waals surface area contributed by atoms with E-state index >= 15 is 0 Å². The Kier molecular flexibility index (Phi) is 8.60. The van der Waals surface area contributed by atoms with Crippen LogP contribution in [0.4, 0.5) is 4.39 Å². The maximum absolute atomic E-state index is 13.4. The molecule has 0 saturated carbocycles. The van der Waals surface area contributed by atoms with Crippen LogP contribution in [0.2, 0.25) is 0 Å². The molecule has 2 aromatic rings. The van der Waals surface area contributed by atoms with Crippen molar-refractivity contribution < 1.29 is 33.0 Å². The molecule has 1 aromatic carbocycles. The predicted octanol–water partition coefficient (Wildman–Crippen LogP) is 1.96. The van der Waals surface area contributed by atoms with Crippen LogP contribution in [0.15, 0.2) is 24.4 Å². The smallest absolute Gasteiger partial charge is 0.372 e. The molecule has 0 spiro atoms. The number of aromatic amines is 1. The Labute approximate surface area is 178 Å². The average Bonchev–Trinajstić information content (AvgIpc) is 3.10. The van der Waals surface area contributed by atoms with Crippen LogP contribution in [-0.4, -0.2) is 59.0 Å². The number of aromatic nitrogens is 1. The molecule has 31 heavy (non-hydrogen) atoms.